The number of fused-ring (bicyclic) bond motifs is 1. The minimum absolute atomic E-state index is 0.0800. The summed E-state index contributed by atoms with van der Waals surface area (Å²) in [5.74, 6) is 3.52. The monoisotopic (exact) mass is 384 g/mol. The summed E-state index contributed by atoms with van der Waals surface area (Å²) >= 11 is 1.38. The summed E-state index contributed by atoms with van der Waals surface area (Å²) in [4.78, 5) is 17.3. The van der Waals surface area contributed by atoms with Crippen LogP contribution in [0.1, 0.15) is 11.4 Å². The summed E-state index contributed by atoms with van der Waals surface area (Å²) in [7, 11) is 3.15. The van der Waals surface area contributed by atoms with Gasteiger partial charge < -0.3 is 14.0 Å². The molecule has 0 aliphatic carbocycles. The number of nitrogens with zero attached hydrogens (tertiary/aromatic N) is 4. The molecule has 0 atom stereocenters. The second-order valence-corrected chi connectivity index (χ2v) is 6.95. The molecule has 0 aliphatic heterocycles. The minimum Gasteiger partial charge on any atom is -0.493 e. The van der Waals surface area contributed by atoms with Gasteiger partial charge in [0.2, 0.25) is 0 Å². The molecule has 3 rings (SSSR count). The van der Waals surface area contributed by atoms with E-state index in [-0.39, 0.29) is 12.5 Å². The average molecular weight is 384 g/mol. The second-order valence-electron chi connectivity index (χ2n) is 5.94. The first-order chi connectivity index (χ1) is 13.0. The number of carbonyl (C=O) groups is 1. The third kappa shape index (κ3) is 3.73. The van der Waals surface area contributed by atoms with E-state index in [1.807, 2.05) is 36.6 Å². The summed E-state index contributed by atoms with van der Waals surface area (Å²) < 4.78 is 15.1. The van der Waals surface area contributed by atoms with Gasteiger partial charge in [-0.1, -0.05) is 17.3 Å². The van der Waals surface area contributed by atoms with Gasteiger partial charge in [0.05, 0.1) is 36.7 Å². The van der Waals surface area contributed by atoms with Crippen LogP contribution in [-0.2, 0) is 17.9 Å². The Morgan fingerprint density at radius 3 is 2.56 bits per heavy atom. The van der Waals surface area contributed by atoms with Crippen LogP contribution in [0.2, 0.25) is 0 Å². The number of aromatic nitrogens is 3. The van der Waals surface area contributed by atoms with Crippen molar-refractivity contribution in [3.8, 4) is 23.8 Å². The second kappa shape index (κ2) is 7.68. The number of aryl methyl sites for hydroxylation is 2. The molecule has 0 radical (unpaired) electrons. The fourth-order valence-corrected chi connectivity index (χ4v) is 3.89. The van der Waals surface area contributed by atoms with E-state index >= 15 is 0 Å². The molecule has 0 unspecified atom stereocenters. The van der Waals surface area contributed by atoms with Crippen LogP contribution in [0.3, 0.4) is 0 Å². The number of amides is 1. The number of hydrogen-bond acceptors (Lipinski definition) is 5. The van der Waals surface area contributed by atoms with Gasteiger partial charge in [-0.2, -0.15) is 10.1 Å². The Balaban J connectivity index is 2.08. The molecule has 0 spiro atoms. The maximum absolute atomic E-state index is 12.5. The van der Waals surface area contributed by atoms with Crippen LogP contribution in [0.5, 0.6) is 11.5 Å². The maximum Gasteiger partial charge on any atom is 0.270 e. The smallest absolute Gasteiger partial charge is 0.270 e. The number of hydrogen-bond donors (Lipinski definition) is 0. The number of carbonyl (C=O) groups excluding carboxylic acids is 1. The summed E-state index contributed by atoms with van der Waals surface area (Å²) in [6.07, 6.45) is 5.52. The molecule has 0 N–H and O–H groups in total. The largest absolute Gasteiger partial charge is 0.493 e. The highest BCUT2D eigenvalue weighted by Gasteiger charge is 2.13. The lowest BCUT2D eigenvalue weighted by Gasteiger charge is -2.08. The Morgan fingerprint density at radius 2 is 1.96 bits per heavy atom. The highest BCUT2D eigenvalue weighted by Crippen LogP contribution is 2.33. The number of benzene rings is 1. The third-order valence-electron chi connectivity index (χ3n) is 4.05. The van der Waals surface area contributed by atoms with Crippen LogP contribution in [0.15, 0.2) is 23.2 Å². The van der Waals surface area contributed by atoms with Gasteiger partial charge in [0, 0.05) is 17.8 Å². The first-order valence-electron chi connectivity index (χ1n) is 8.24. The van der Waals surface area contributed by atoms with Crippen LogP contribution >= 0.6 is 11.3 Å². The molecule has 1 aromatic carbocycles. The molecule has 0 fully saturated rings. The van der Waals surface area contributed by atoms with Crippen molar-refractivity contribution >= 4 is 27.5 Å². The van der Waals surface area contributed by atoms with Gasteiger partial charge in [-0.3, -0.25) is 9.48 Å². The molecule has 8 heteroatoms. The lowest BCUT2D eigenvalue weighted by molar-refractivity contribution is -0.118. The Morgan fingerprint density at radius 1 is 1.26 bits per heavy atom. The number of ether oxygens (including phenoxy) is 2. The van der Waals surface area contributed by atoms with Crippen LogP contribution in [-0.4, -0.2) is 34.5 Å². The van der Waals surface area contributed by atoms with Crippen molar-refractivity contribution in [2.45, 2.75) is 26.9 Å². The van der Waals surface area contributed by atoms with Crippen molar-refractivity contribution in [1.29, 1.82) is 0 Å². The number of thiazole rings is 1. The topological polar surface area (TPSA) is 70.6 Å². The number of methoxy groups -OCH3 is 2. The highest BCUT2D eigenvalue weighted by atomic mass is 32.1. The Labute approximate surface area is 160 Å². The SMILES string of the molecule is C#CCn1c(=NC(=O)Cn2nc(C)cc2C)sc2cc(OC)c(OC)cc21. The Kier molecular flexibility index (Phi) is 5.33. The summed E-state index contributed by atoms with van der Waals surface area (Å²) in [5.41, 5.74) is 2.62. The van der Waals surface area contributed by atoms with E-state index < -0.39 is 0 Å². The van der Waals surface area contributed by atoms with Gasteiger partial charge in [0.25, 0.3) is 5.91 Å². The third-order valence-corrected chi connectivity index (χ3v) is 5.09. The van der Waals surface area contributed by atoms with Crippen molar-refractivity contribution in [3.63, 3.8) is 0 Å². The van der Waals surface area contributed by atoms with Crippen molar-refractivity contribution < 1.29 is 14.3 Å². The molecule has 7 nitrogen and oxygen atoms in total. The number of terminal acetylenes is 1. The van der Waals surface area contributed by atoms with Gasteiger partial charge in [-0.15, -0.1) is 6.42 Å². The molecule has 0 bridgehead atoms. The maximum atomic E-state index is 12.5. The molecule has 1 amide bonds. The van der Waals surface area contributed by atoms with Crippen LogP contribution in [0.4, 0.5) is 0 Å². The van der Waals surface area contributed by atoms with Gasteiger partial charge in [0.1, 0.15) is 6.54 Å². The minimum atomic E-state index is -0.294. The van der Waals surface area contributed by atoms with Crippen molar-refractivity contribution in [3.05, 3.63) is 34.4 Å². The fourth-order valence-electron chi connectivity index (χ4n) is 2.83. The molecule has 0 aliphatic rings. The summed E-state index contributed by atoms with van der Waals surface area (Å²) in [6.45, 7) is 4.17. The van der Waals surface area contributed by atoms with Crippen LogP contribution in [0, 0.1) is 26.2 Å². The zero-order valence-corrected chi connectivity index (χ0v) is 16.5. The molecule has 140 valence electrons. The lowest BCUT2D eigenvalue weighted by Crippen LogP contribution is -2.19. The molecule has 2 heterocycles. The highest BCUT2D eigenvalue weighted by molar-refractivity contribution is 7.16. The van der Waals surface area contributed by atoms with Crippen LogP contribution < -0.4 is 14.3 Å². The molecule has 2 aromatic heterocycles. The van der Waals surface area contributed by atoms with E-state index in [2.05, 4.69) is 16.0 Å². The van der Waals surface area contributed by atoms with Crippen molar-refractivity contribution in [2.75, 3.05) is 14.2 Å². The van der Waals surface area contributed by atoms with E-state index in [1.54, 1.807) is 18.9 Å². The molecular weight excluding hydrogens is 364 g/mol. The lowest BCUT2D eigenvalue weighted by atomic mass is 10.3. The average Bonchev–Trinajstić information content (AvgIpc) is 3.12. The van der Waals surface area contributed by atoms with E-state index in [0.29, 0.717) is 22.8 Å². The van der Waals surface area contributed by atoms with Gasteiger partial charge in [0.15, 0.2) is 16.3 Å². The van der Waals surface area contributed by atoms with E-state index in [1.165, 1.54) is 11.3 Å². The zero-order chi connectivity index (χ0) is 19.6. The van der Waals surface area contributed by atoms with Crippen molar-refractivity contribution in [2.24, 2.45) is 4.99 Å². The van der Waals surface area contributed by atoms with E-state index in [0.717, 1.165) is 21.6 Å². The molecular formula is C19H20N4O3S. The predicted molar refractivity (Wildman–Crippen MR) is 104 cm³/mol. The summed E-state index contributed by atoms with van der Waals surface area (Å²) in [5, 5.41) is 4.31. The standard InChI is InChI=1S/C19H20N4O3S/c1-6-7-22-14-9-15(25-4)16(26-5)10-17(14)27-19(22)20-18(24)11-23-13(3)8-12(2)21-23/h1,8-10H,7,11H2,2-5H3. The quantitative estimate of drug-likeness (QED) is 0.633. The molecule has 0 saturated heterocycles. The fraction of sp³-hybridized carbons (Fsp3) is 0.316. The molecule has 0 saturated carbocycles. The first-order valence-corrected chi connectivity index (χ1v) is 9.06. The Bertz CT molecular complexity index is 1110. The number of rotatable bonds is 5. The molecule has 3 aromatic rings. The van der Waals surface area contributed by atoms with Gasteiger partial charge in [-0.25, -0.2) is 0 Å². The normalized spacial score (nSPS) is 11.6. The predicted octanol–water partition coefficient (Wildman–Crippen LogP) is 2.29. The first kappa shape index (κ1) is 18.7. The van der Waals surface area contributed by atoms with E-state index in [9.17, 15) is 4.79 Å². The van der Waals surface area contributed by atoms with Crippen molar-refractivity contribution in [1.82, 2.24) is 14.3 Å². The Hall–Kier alpha value is -3.05. The summed E-state index contributed by atoms with van der Waals surface area (Å²) in [6, 6.07) is 5.62. The van der Waals surface area contributed by atoms with Gasteiger partial charge in [-0.05, 0) is 19.9 Å². The zero-order valence-electron chi connectivity index (χ0n) is 15.6. The van der Waals surface area contributed by atoms with Crippen LogP contribution in [0.25, 0.3) is 10.2 Å². The van der Waals surface area contributed by atoms with Gasteiger partial charge >= 0.3 is 0 Å². The van der Waals surface area contributed by atoms with E-state index in [4.69, 9.17) is 15.9 Å². The molecule has 27 heavy (non-hydrogen) atoms.